The van der Waals surface area contributed by atoms with Crippen LogP contribution >= 0.6 is 0 Å². The molecule has 1 aromatic heterocycles. The van der Waals surface area contributed by atoms with Crippen molar-refractivity contribution in [3.8, 4) is 11.4 Å². The summed E-state index contributed by atoms with van der Waals surface area (Å²) in [5.41, 5.74) is 8.12. The molecule has 2 rings (SSSR count). The third-order valence-electron chi connectivity index (χ3n) is 2.82. The van der Waals surface area contributed by atoms with Crippen LogP contribution in [0.15, 0.2) is 36.7 Å². The second kappa shape index (κ2) is 5.01. The van der Waals surface area contributed by atoms with Crippen LogP contribution in [0.1, 0.15) is 24.9 Å². The molecular formula is C13H17N3O. The summed E-state index contributed by atoms with van der Waals surface area (Å²) in [7, 11) is 1.63. The lowest BCUT2D eigenvalue weighted by Gasteiger charge is -2.09. The maximum atomic E-state index is 5.97. The zero-order valence-electron chi connectivity index (χ0n) is 10.1. The lowest BCUT2D eigenvalue weighted by molar-refractivity contribution is 0.414. The normalized spacial score (nSPS) is 12.4. The molecule has 1 atom stereocenters. The lowest BCUT2D eigenvalue weighted by atomic mass is 10.1. The molecule has 0 aliphatic carbocycles. The molecule has 0 fully saturated rings. The Kier molecular flexibility index (Phi) is 3.44. The highest BCUT2D eigenvalue weighted by molar-refractivity contribution is 5.36. The molecule has 0 aliphatic heterocycles. The molecule has 0 saturated heterocycles. The summed E-state index contributed by atoms with van der Waals surface area (Å²) in [6, 6.07) is 8.21. The van der Waals surface area contributed by atoms with Gasteiger partial charge in [0.2, 0.25) is 0 Å². The molecule has 17 heavy (non-hydrogen) atoms. The highest BCUT2D eigenvalue weighted by Gasteiger charge is 2.04. The van der Waals surface area contributed by atoms with Crippen LogP contribution in [0.4, 0.5) is 0 Å². The van der Waals surface area contributed by atoms with E-state index in [1.807, 2.05) is 30.5 Å². The number of hydrogen-bond acceptors (Lipinski definition) is 3. The maximum absolute atomic E-state index is 5.97. The molecule has 1 heterocycles. The Morgan fingerprint density at radius 1 is 1.35 bits per heavy atom. The van der Waals surface area contributed by atoms with Gasteiger partial charge in [0.15, 0.2) is 5.75 Å². The summed E-state index contributed by atoms with van der Waals surface area (Å²) in [6.07, 6.45) is 4.47. The number of rotatable bonds is 4. The van der Waals surface area contributed by atoms with Crippen molar-refractivity contribution in [2.24, 2.45) is 5.73 Å². The fourth-order valence-corrected chi connectivity index (χ4v) is 1.66. The monoisotopic (exact) mass is 231 g/mol. The molecule has 0 radical (unpaired) electrons. The summed E-state index contributed by atoms with van der Waals surface area (Å²) < 4.78 is 6.87. The van der Waals surface area contributed by atoms with E-state index in [4.69, 9.17) is 10.5 Å². The molecular weight excluding hydrogens is 214 g/mol. The molecule has 0 unspecified atom stereocenters. The third-order valence-corrected chi connectivity index (χ3v) is 2.82. The Hall–Kier alpha value is -1.81. The van der Waals surface area contributed by atoms with Crippen molar-refractivity contribution in [3.05, 3.63) is 42.2 Å². The average Bonchev–Trinajstić information content (AvgIpc) is 2.87. The SMILES string of the molecule is CC[C@H](N)c1ccc(-n2cc(OC)cn2)cc1. The van der Waals surface area contributed by atoms with Gasteiger partial charge < -0.3 is 10.5 Å². The fourth-order valence-electron chi connectivity index (χ4n) is 1.66. The van der Waals surface area contributed by atoms with Crippen LogP contribution in [-0.4, -0.2) is 16.9 Å². The predicted molar refractivity (Wildman–Crippen MR) is 67.3 cm³/mol. The largest absolute Gasteiger partial charge is 0.493 e. The number of methoxy groups -OCH3 is 1. The van der Waals surface area contributed by atoms with Gasteiger partial charge in [-0.15, -0.1) is 0 Å². The molecule has 0 spiro atoms. The zero-order chi connectivity index (χ0) is 12.3. The molecule has 0 saturated carbocycles. The van der Waals surface area contributed by atoms with E-state index in [0.29, 0.717) is 0 Å². The summed E-state index contributed by atoms with van der Waals surface area (Å²) in [5.74, 6) is 0.749. The minimum Gasteiger partial charge on any atom is -0.493 e. The van der Waals surface area contributed by atoms with E-state index in [-0.39, 0.29) is 6.04 Å². The molecule has 1 aromatic carbocycles. The van der Waals surface area contributed by atoms with E-state index in [1.165, 1.54) is 0 Å². The summed E-state index contributed by atoms with van der Waals surface area (Å²) in [5, 5.41) is 4.21. The Labute approximate surface area is 101 Å². The second-order valence-electron chi connectivity index (χ2n) is 3.93. The average molecular weight is 231 g/mol. The molecule has 0 bridgehead atoms. The first-order chi connectivity index (χ1) is 8.24. The van der Waals surface area contributed by atoms with Gasteiger partial charge >= 0.3 is 0 Å². The first-order valence-corrected chi connectivity index (χ1v) is 5.69. The number of hydrogen-bond donors (Lipinski definition) is 1. The van der Waals surface area contributed by atoms with Gasteiger partial charge in [0.25, 0.3) is 0 Å². The molecule has 2 aromatic rings. The molecule has 4 heteroatoms. The van der Waals surface area contributed by atoms with Gasteiger partial charge in [0.05, 0.1) is 25.2 Å². The maximum Gasteiger partial charge on any atom is 0.157 e. The first-order valence-electron chi connectivity index (χ1n) is 5.69. The van der Waals surface area contributed by atoms with Gasteiger partial charge in [-0.05, 0) is 24.1 Å². The third kappa shape index (κ3) is 2.47. The van der Waals surface area contributed by atoms with Crippen LogP contribution in [0, 0.1) is 0 Å². The molecule has 2 N–H and O–H groups in total. The van der Waals surface area contributed by atoms with E-state index < -0.39 is 0 Å². The quantitative estimate of drug-likeness (QED) is 0.878. The van der Waals surface area contributed by atoms with Crippen molar-refractivity contribution < 1.29 is 4.74 Å². The lowest BCUT2D eigenvalue weighted by Crippen LogP contribution is -2.08. The van der Waals surface area contributed by atoms with Crippen molar-refractivity contribution in [2.45, 2.75) is 19.4 Å². The highest BCUT2D eigenvalue weighted by atomic mass is 16.5. The minimum absolute atomic E-state index is 0.108. The van der Waals surface area contributed by atoms with Gasteiger partial charge in [0, 0.05) is 6.04 Å². The second-order valence-corrected chi connectivity index (χ2v) is 3.93. The van der Waals surface area contributed by atoms with Gasteiger partial charge in [-0.1, -0.05) is 19.1 Å². The van der Waals surface area contributed by atoms with Crippen LogP contribution in [0.5, 0.6) is 5.75 Å². The van der Waals surface area contributed by atoms with Crippen molar-refractivity contribution >= 4 is 0 Å². The smallest absolute Gasteiger partial charge is 0.157 e. The van der Waals surface area contributed by atoms with Crippen LogP contribution in [0.2, 0.25) is 0 Å². The first kappa shape index (κ1) is 11.7. The molecule has 0 amide bonds. The summed E-state index contributed by atoms with van der Waals surface area (Å²) >= 11 is 0. The Morgan fingerprint density at radius 3 is 2.59 bits per heavy atom. The molecule has 0 aliphatic rings. The van der Waals surface area contributed by atoms with E-state index in [9.17, 15) is 0 Å². The number of benzene rings is 1. The van der Waals surface area contributed by atoms with Crippen LogP contribution in [0.25, 0.3) is 5.69 Å². The van der Waals surface area contributed by atoms with Gasteiger partial charge in [-0.3, -0.25) is 0 Å². The van der Waals surface area contributed by atoms with Gasteiger partial charge in [-0.25, -0.2) is 4.68 Å². The Bertz CT molecular complexity index is 476. The highest BCUT2D eigenvalue weighted by Crippen LogP contribution is 2.17. The van der Waals surface area contributed by atoms with Gasteiger partial charge in [-0.2, -0.15) is 5.10 Å². The molecule has 90 valence electrons. The van der Waals surface area contributed by atoms with Crippen LogP contribution in [-0.2, 0) is 0 Å². The van der Waals surface area contributed by atoms with Crippen molar-refractivity contribution in [2.75, 3.05) is 7.11 Å². The van der Waals surface area contributed by atoms with Gasteiger partial charge in [0.1, 0.15) is 0 Å². The Balaban J connectivity index is 2.22. The number of nitrogens with zero attached hydrogens (tertiary/aromatic N) is 2. The standard InChI is InChI=1S/C13H17N3O/c1-3-13(14)10-4-6-11(7-5-10)16-9-12(17-2)8-15-16/h4-9,13H,3,14H2,1-2H3/t13-/m0/s1. The predicted octanol–water partition coefficient (Wildman–Crippen LogP) is 2.29. The van der Waals surface area contributed by atoms with Crippen molar-refractivity contribution in [3.63, 3.8) is 0 Å². The van der Waals surface area contributed by atoms with E-state index in [2.05, 4.69) is 12.0 Å². The minimum atomic E-state index is 0.108. The van der Waals surface area contributed by atoms with Crippen LogP contribution < -0.4 is 10.5 Å². The topological polar surface area (TPSA) is 53.1 Å². The Morgan fingerprint density at radius 2 is 2.06 bits per heavy atom. The van der Waals surface area contributed by atoms with E-state index >= 15 is 0 Å². The summed E-state index contributed by atoms with van der Waals surface area (Å²) in [6.45, 7) is 2.08. The van der Waals surface area contributed by atoms with Crippen molar-refractivity contribution in [1.82, 2.24) is 9.78 Å². The molecule has 4 nitrogen and oxygen atoms in total. The summed E-state index contributed by atoms with van der Waals surface area (Å²) in [4.78, 5) is 0. The van der Waals surface area contributed by atoms with E-state index in [0.717, 1.165) is 23.4 Å². The number of nitrogens with two attached hydrogens (primary N) is 1. The fraction of sp³-hybridized carbons (Fsp3) is 0.308. The number of aromatic nitrogens is 2. The van der Waals surface area contributed by atoms with E-state index in [1.54, 1.807) is 18.0 Å². The number of ether oxygens (including phenoxy) is 1. The van der Waals surface area contributed by atoms with Crippen LogP contribution in [0.3, 0.4) is 0 Å². The zero-order valence-corrected chi connectivity index (χ0v) is 10.1. The van der Waals surface area contributed by atoms with Crippen molar-refractivity contribution in [1.29, 1.82) is 0 Å².